The first-order chi connectivity index (χ1) is 7.83. The number of hydrogen-bond acceptors (Lipinski definition) is 3. The van der Waals surface area contributed by atoms with Crippen LogP contribution in [-0.2, 0) is 18.5 Å². The Morgan fingerprint density at radius 1 is 0.556 bits per heavy atom. The third-order valence-corrected chi connectivity index (χ3v) is 1.48. The van der Waals surface area contributed by atoms with E-state index in [0.717, 1.165) is 0 Å². The number of halogens is 9. The summed E-state index contributed by atoms with van der Waals surface area (Å²) in [7, 11) is 0. The van der Waals surface area contributed by atoms with Crippen LogP contribution in [0.1, 0.15) is 17.2 Å². The smallest absolute Gasteiger partial charge is 0.216 e. The summed E-state index contributed by atoms with van der Waals surface area (Å²) in [6, 6.07) is 0. The van der Waals surface area contributed by atoms with Crippen molar-refractivity contribution in [3.8, 4) is 0 Å². The average Bonchev–Trinajstić information content (AvgIpc) is 2.12. The third kappa shape index (κ3) is 2.98. The van der Waals surface area contributed by atoms with Crippen LogP contribution in [0.2, 0.25) is 0 Å². The van der Waals surface area contributed by atoms with Gasteiger partial charge in [-0.05, 0) is 0 Å². The third-order valence-electron chi connectivity index (χ3n) is 1.48. The van der Waals surface area contributed by atoms with Crippen LogP contribution < -0.4 is 0 Å². The molecule has 0 atom stereocenters. The van der Waals surface area contributed by atoms with Gasteiger partial charge in [-0.25, -0.2) is 4.98 Å². The fraction of sp³-hybridized carbons (Fsp3) is 0.500. The fourth-order valence-electron chi connectivity index (χ4n) is 0.835. The predicted molar refractivity (Wildman–Crippen MR) is 34.8 cm³/mol. The number of alkyl halides is 9. The van der Waals surface area contributed by atoms with E-state index in [-0.39, 0.29) is 0 Å². The van der Waals surface area contributed by atoms with Gasteiger partial charge in [0, 0.05) is 0 Å². The molecule has 18 heavy (non-hydrogen) atoms. The molecule has 1 heterocycles. The van der Waals surface area contributed by atoms with Gasteiger partial charge in [0.2, 0.25) is 0 Å². The standard InChI is InChI=1S/C6F9N3/c7-4(8,9)1-2(5(10,11)12)17-18-3(16-1)6(13,14)15. The average molecular weight is 285 g/mol. The van der Waals surface area contributed by atoms with E-state index in [1.165, 1.54) is 0 Å². The highest BCUT2D eigenvalue weighted by Crippen LogP contribution is 2.38. The minimum absolute atomic E-state index is 1.84. The Hall–Kier alpha value is -1.62. The molecule has 1 aromatic heterocycles. The van der Waals surface area contributed by atoms with Crippen LogP contribution in [0.3, 0.4) is 0 Å². The van der Waals surface area contributed by atoms with Crippen molar-refractivity contribution in [2.75, 3.05) is 0 Å². The van der Waals surface area contributed by atoms with Crippen molar-refractivity contribution in [2.45, 2.75) is 18.5 Å². The van der Waals surface area contributed by atoms with Crippen molar-refractivity contribution < 1.29 is 39.5 Å². The zero-order chi connectivity index (χ0) is 14.4. The predicted octanol–water partition coefficient (Wildman–Crippen LogP) is 2.93. The summed E-state index contributed by atoms with van der Waals surface area (Å²) >= 11 is 0. The molecule has 0 fully saturated rings. The molecule has 1 aromatic rings. The maximum Gasteiger partial charge on any atom is 0.453 e. The Labute approximate surface area is 91.6 Å². The first kappa shape index (κ1) is 14.4. The van der Waals surface area contributed by atoms with Gasteiger partial charge in [0.05, 0.1) is 0 Å². The van der Waals surface area contributed by atoms with E-state index < -0.39 is 35.7 Å². The Morgan fingerprint density at radius 2 is 1.00 bits per heavy atom. The van der Waals surface area contributed by atoms with Crippen molar-refractivity contribution in [1.29, 1.82) is 0 Å². The SMILES string of the molecule is FC(F)(F)c1nnc(C(F)(F)F)c(C(F)(F)F)n1. The molecule has 1 rings (SSSR count). The Bertz CT molecular complexity index is 443. The highest BCUT2D eigenvalue weighted by molar-refractivity contribution is 5.17. The Balaban J connectivity index is 3.50. The van der Waals surface area contributed by atoms with Crippen LogP contribution in [0.4, 0.5) is 39.5 Å². The van der Waals surface area contributed by atoms with Gasteiger partial charge < -0.3 is 0 Å². The lowest BCUT2D eigenvalue weighted by molar-refractivity contribution is -0.173. The van der Waals surface area contributed by atoms with E-state index >= 15 is 0 Å². The monoisotopic (exact) mass is 285 g/mol. The highest BCUT2D eigenvalue weighted by atomic mass is 19.4. The molecule has 0 aliphatic heterocycles. The van der Waals surface area contributed by atoms with E-state index in [2.05, 4.69) is 0 Å². The van der Waals surface area contributed by atoms with Gasteiger partial charge in [-0.3, -0.25) is 0 Å². The van der Waals surface area contributed by atoms with E-state index in [9.17, 15) is 39.5 Å². The number of aromatic nitrogens is 3. The zero-order valence-corrected chi connectivity index (χ0v) is 7.74. The van der Waals surface area contributed by atoms with Crippen LogP contribution in [0.15, 0.2) is 0 Å². The summed E-state index contributed by atoms with van der Waals surface area (Å²) in [5.41, 5.74) is -5.40. The lowest BCUT2D eigenvalue weighted by atomic mass is 10.3. The van der Waals surface area contributed by atoms with Gasteiger partial charge in [-0.2, -0.15) is 39.5 Å². The molecule has 0 bridgehead atoms. The molecule has 0 radical (unpaired) electrons. The summed E-state index contributed by atoms with van der Waals surface area (Å²) < 4.78 is 109. The molecular weight excluding hydrogens is 285 g/mol. The summed E-state index contributed by atoms with van der Waals surface area (Å²) in [4.78, 5) is 1.84. The molecular formula is C6F9N3. The van der Waals surface area contributed by atoms with E-state index in [0.29, 0.717) is 0 Å². The topological polar surface area (TPSA) is 38.7 Å². The zero-order valence-electron chi connectivity index (χ0n) is 7.74. The molecule has 0 N–H and O–H groups in total. The summed E-state index contributed by atoms with van der Waals surface area (Å²) in [6.45, 7) is 0. The molecule has 0 aromatic carbocycles. The summed E-state index contributed by atoms with van der Waals surface area (Å²) in [6.07, 6.45) is -16.8. The Kier molecular flexibility index (Phi) is 3.17. The van der Waals surface area contributed by atoms with E-state index in [1.54, 1.807) is 0 Å². The first-order valence-corrected chi connectivity index (χ1v) is 3.80. The number of nitrogens with zero attached hydrogens (tertiary/aromatic N) is 3. The number of rotatable bonds is 0. The second kappa shape index (κ2) is 3.95. The largest absolute Gasteiger partial charge is 0.453 e. The lowest BCUT2D eigenvalue weighted by Gasteiger charge is -2.14. The minimum atomic E-state index is -5.74. The molecule has 0 saturated carbocycles. The second-order valence-corrected chi connectivity index (χ2v) is 2.83. The van der Waals surface area contributed by atoms with Gasteiger partial charge in [0.15, 0.2) is 11.4 Å². The van der Waals surface area contributed by atoms with Crippen LogP contribution in [0, 0.1) is 0 Å². The van der Waals surface area contributed by atoms with Crippen LogP contribution >= 0.6 is 0 Å². The number of hydrogen-bond donors (Lipinski definition) is 0. The van der Waals surface area contributed by atoms with Crippen molar-refractivity contribution in [1.82, 2.24) is 15.2 Å². The molecule has 12 heteroatoms. The molecule has 0 unspecified atom stereocenters. The van der Waals surface area contributed by atoms with Crippen molar-refractivity contribution in [3.63, 3.8) is 0 Å². The molecule has 102 valence electrons. The normalized spacial score (nSPS) is 13.8. The van der Waals surface area contributed by atoms with Crippen LogP contribution in [0.5, 0.6) is 0 Å². The van der Waals surface area contributed by atoms with Gasteiger partial charge in [0.1, 0.15) is 0 Å². The van der Waals surface area contributed by atoms with Gasteiger partial charge in [-0.15, -0.1) is 10.2 Å². The highest BCUT2D eigenvalue weighted by Gasteiger charge is 2.49. The molecule has 0 amide bonds. The van der Waals surface area contributed by atoms with Crippen LogP contribution in [-0.4, -0.2) is 15.2 Å². The van der Waals surface area contributed by atoms with Crippen molar-refractivity contribution in [2.24, 2.45) is 0 Å². The maximum atomic E-state index is 12.1. The van der Waals surface area contributed by atoms with Gasteiger partial charge in [0.25, 0.3) is 5.82 Å². The lowest BCUT2D eigenvalue weighted by Crippen LogP contribution is -2.25. The fourth-order valence-corrected chi connectivity index (χ4v) is 0.835. The van der Waals surface area contributed by atoms with E-state index in [4.69, 9.17) is 0 Å². The first-order valence-electron chi connectivity index (χ1n) is 3.80. The molecule has 0 aliphatic carbocycles. The van der Waals surface area contributed by atoms with E-state index in [1.807, 2.05) is 15.2 Å². The summed E-state index contributed by atoms with van der Waals surface area (Å²) in [5, 5.41) is 3.89. The molecule has 3 nitrogen and oxygen atoms in total. The molecule has 0 spiro atoms. The quantitative estimate of drug-likeness (QED) is 0.688. The second-order valence-electron chi connectivity index (χ2n) is 2.83. The van der Waals surface area contributed by atoms with Gasteiger partial charge in [-0.1, -0.05) is 0 Å². The van der Waals surface area contributed by atoms with Crippen molar-refractivity contribution >= 4 is 0 Å². The maximum absolute atomic E-state index is 12.1. The van der Waals surface area contributed by atoms with Gasteiger partial charge >= 0.3 is 18.5 Å². The van der Waals surface area contributed by atoms with Crippen molar-refractivity contribution in [3.05, 3.63) is 17.2 Å². The Morgan fingerprint density at radius 3 is 1.33 bits per heavy atom. The molecule has 0 aliphatic rings. The summed E-state index contributed by atoms with van der Waals surface area (Å²) in [5.74, 6) is -2.40. The minimum Gasteiger partial charge on any atom is -0.216 e. The molecule has 0 saturated heterocycles. The van der Waals surface area contributed by atoms with Crippen LogP contribution in [0.25, 0.3) is 0 Å².